The van der Waals surface area contributed by atoms with Crippen LogP contribution < -0.4 is 10.1 Å². The fourth-order valence-corrected chi connectivity index (χ4v) is 4.00. The van der Waals surface area contributed by atoms with Crippen molar-refractivity contribution in [1.29, 1.82) is 0 Å². The lowest BCUT2D eigenvalue weighted by Gasteiger charge is -2.06. The van der Waals surface area contributed by atoms with Crippen molar-refractivity contribution in [2.75, 3.05) is 18.2 Å². The maximum absolute atomic E-state index is 13.2. The maximum Gasteiger partial charge on any atom is 0.234 e. The fourth-order valence-electron chi connectivity index (χ4n) is 3.28. The van der Waals surface area contributed by atoms with E-state index in [1.807, 2.05) is 22.6 Å². The third-order valence-electron chi connectivity index (χ3n) is 4.81. The van der Waals surface area contributed by atoms with Crippen LogP contribution >= 0.6 is 11.8 Å². The number of halogens is 1. The van der Waals surface area contributed by atoms with Gasteiger partial charge >= 0.3 is 0 Å². The molecule has 160 valence electrons. The Kier molecular flexibility index (Phi) is 5.20. The van der Waals surface area contributed by atoms with Crippen LogP contribution in [0.1, 0.15) is 0 Å². The SMILES string of the molecule is COc1cccc(NC(=O)CSc2nnc3c4cc(-c5ccc(F)cc5)nn4ccn23)c1. The van der Waals surface area contributed by atoms with Gasteiger partial charge in [-0.2, -0.15) is 5.10 Å². The van der Waals surface area contributed by atoms with Crippen LogP contribution in [0.3, 0.4) is 0 Å². The number of thioether (sulfide) groups is 1. The van der Waals surface area contributed by atoms with Crippen LogP contribution in [0.2, 0.25) is 0 Å². The van der Waals surface area contributed by atoms with E-state index in [9.17, 15) is 9.18 Å². The molecule has 0 unspecified atom stereocenters. The molecule has 5 aromatic rings. The Morgan fingerprint density at radius 3 is 2.78 bits per heavy atom. The van der Waals surface area contributed by atoms with Crippen LogP contribution in [0.25, 0.3) is 22.4 Å². The Balaban J connectivity index is 1.35. The molecule has 0 saturated heterocycles. The van der Waals surface area contributed by atoms with E-state index in [-0.39, 0.29) is 17.5 Å². The van der Waals surface area contributed by atoms with E-state index in [1.54, 1.807) is 48.3 Å². The summed E-state index contributed by atoms with van der Waals surface area (Å²) in [6.07, 6.45) is 3.59. The third kappa shape index (κ3) is 3.87. The monoisotopic (exact) mass is 448 g/mol. The van der Waals surface area contributed by atoms with E-state index in [2.05, 4.69) is 20.6 Å². The Morgan fingerprint density at radius 2 is 1.97 bits per heavy atom. The third-order valence-corrected chi connectivity index (χ3v) is 5.76. The molecule has 2 aromatic carbocycles. The summed E-state index contributed by atoms with van der Waals surface area (Å²) in [5.74, 6) is 0.380. The summed E-state index contributed by atoms with van der Waals surface area (Å²) >= 11 is 1.28. The van der Waals surface area contributed by atoms with Crippen molar-refractivity contribution >= 4 is 34.5 Å². The van der Waals surface area contributed by atoms with Gasteiger partial charge in [0.2, 0.25) is 5.91 Å². The maximum atomic E-state index is 13.2. The number of amides is 1. The molecule has 0 radical (unpaired) electrons. The highest BCUT2D eigenvalue weighted by Crippen LogP contribution is 2.25. The number of ether oxygens (including phenoxy) is 1. The molecular weight excluding hydrogens is 431 g/mol. The molecule has 3 aromatic heterocycles. The second kappa shape index (κ2) is 8.31. The lowest BCUT2D eigenvalue weighted by Crippen LogP contribution is -2.14. The Labute approximate surface area is 186 Å². The predicted molar refractivity (Wildman–Crippen MR) is 119 cm³/mol. The lowest BCUT2D eigenvalue weighted by atomic mass is 10.1. The molecule has 1 N–H and O–H groups in total. The zero-order chi connectivity index (χ0) is 22.1. The first-order chi connectivity index (χ1) is 15.6. The van der Waals surface area contributed by atoms with E-state index in [0.29, 0.717) is 27.9 Å². The van der Waals surface area contributed by atoms with Gasteiger partial charge in [0, 0.05) is 29.7 Å². The minimum Gasteiger partial charge on any atom is -0.497 e. The summed E-state index contributed by atoms with van der Waals surface area (Å²) in [4.78, 5) is 12.4. The number of methoxy groups -OCH3 is 1. The minimum absolute atomic E-state index is 0.163. The zero-order valence-corrected chi connectivity index (χ0v) is 17.7. The van der Waals surface area contributed by atoms with Gasteiger partial charge in [-0.1, -0.05) is 17.8 Å². The number of anilines is 1. The van der Waals surface area contributed by atoms with Crippen LogP contribution in [0.4, 0.5) is 10.1 Å². The second-order valence-corrected chi connectivity index (χ2v) is 7.85. The zero-order valence-electron chi connectivity index (χ0n) is 16.9. The highest BCUT2D eigenvalue weighted by molar-refractivity contribution is 7.99. The molecule has 10 heteroatoms. The van der Waals surface area contributed by atoms with Crippen LogP contribution in [-0.2, 0) is 4.79 Å². The van der Waals surface area contributed by atoms with Crippen LogP contribution in [0.15, 0.2) is 72.1 Å². The van der Waals surface area contributed by atoms with Crippen molar-refractivity contribution in [2.24, 2.45) is 0 Å². The van der Waals surface area contributed by atoms with Gasteiger partial charge in [-0.05, 0) is 42.5 Å². The van der Waals surface area contributed by atoms with Gasteiger partial charge in [0.1, 0.15) is 17.1 Å². The van der Waals surface area contributed by atoms with Crippen molar-refractivity contribution in [2.45, 2.75) is 5.16 Å². The van der Waals surface area contributed by atoms with Crippen molar-refractivity contribution < 1.29 is 13.9 Å². The lowest BCUT2D eigenvalue weighted by molar-refractivity contribution is -0.113. The molecule has 1 amide bonds. The summed E-state index contributed by atoms with van der Waals surface area (Å²) in [6.45, 7) is 0. The van der Waals surface area contributed by atoms with Gasteiger partial charge in [0.25, 0.3) is 0 Å². The molecule has 0 spiro atoms. The van der Waals surface area contributed by atoms with Gasteiger partial charge in [-0.3, -0.25) is 9.20 Å². The van der Waals surface area contributed by atoms with E-state index in [1.165, 1.54) is 23.9 Å². The number of benzene rings is 2. The van der Waals surface area contributed by atoms with E-state index in [0.717, 1.165) is 11.1 Å². The highest BCUT2D eigenvalue weighted by Gasteiger charge is 2.14. The van der Waals surface area contributed by atoms with Gasteiger partial charge in [0.05, 0.1) is 18.6 Å². The summed E-state index contributed by atoms with van der Waals surface area (Å²) in [7, 11) is 1.58. The number of nitrogens with zero attached hydrogens (tertiary/aromatic N) is 5. The minimum atomic E-state index is -0.297. The Morgan fingerprint density at radius 1 is 1.12 bits per heavy atom. The Hall–Kier alpha value is -3.92. The summed E-state index contributed by atoms with van der Waals surface area (Å²) in [6, 6.07) is 15.2. The fraction of sp³-hybridized carbons (Fsp3) is 0.0909. The van der Waals surface area contributed by atoms with Crippen LogP contribution in [0.5, 0.6) is 5.75 Å². The quantitative estimate of drug-likeness (QED) is 0.396. The number of hydrogen-bond donors (Lipinski definition) is 1. The number of nitrogens with one attached hydrogen (secondary N) is 1. The average molecular weight is 448 g/mol. The number of fused-ring (bicyclic) bond motifs is 3. The average Bonchev–Trinajstić information content (AvgIpc) is 3.42. The number of rotatable bonds is 6. The van der Waals surface area contributed by atoms with Gasteiger partial charge < -0.3 is 10.1 Å². The molecule has 0 aliphatic carbocycles. The molecule has 3 heterocycles. The smallest absolute Gasteiger partial charge is 0.234 e. The standard InChI is InChI=1S/C22H17FN6O2S/c1-31-17-4-2-3-16(11-17)24-20(30)13-32-22-26-25-21-19-12-18(14-5-7-15(23)8-6-14)27-29(19)10-9-28(21)22/h2-12H,13H2,1H3,(H,24,30). The summed E-state index contributed by atoms with van der Waals surface area (Å²) in [5.41, 5.74) is 3.54. The predicted octanol–water partition coefficient (Wildman–Crippen LogP) is 3.92. The van der Waals surface area contributed by atoms with Crippen molar-refractivity contribution in [3.05, 3.63) is 72.8 Å². The summed E-state index contributed by atoms with van der Waals surface area (Å²) < 4.78 is 21.9. The van der Waals surface area contributed by atoms with E-state index in [4.69, 9.17) is 4.74 Å². The number of carbonyl (C=O) groups excluding carboxylic acids is 1. The first-order valence-corrected chi connectivity index (χ1v) is 10.6. The molecule has 32 heavy (non-hydrogen) atoms. The topological polar surface area (TPSA) is 85.8 Å². The summed E-state index contributed by atoms with van der Waals surface area (Å²) in [5, 5.41) is 16.5. The largest absolute Gasteiger partial charge is 0.497 e. The van der Waals surface area contributed by atoms with Crippen molar-refractivity contribution in [3.63, 3.8) is 0 Å². The van der Waals surface area contributed by atoms with Gasteiger partial charge in [-0.25, -0.2) is 8.91 Å². The van der Waals surface area contributed by atoms with Gasteiger partial charge in [0.15, 0.2) is 10.8 Å². The molecule has 0 fully saturated rings. The highest BCUT2D eigenvalue weighted by atomic mass is 32.2. The van der Waals surface area contributed by atoms with Crippen molar-refractivity contribution in [1.82, 2.24) is 24.2 Å². The van der Waals surface area contributed by atoms with E-state index < -0.39 is 0 Å². The normalized spacial score (nSPS) is 11.2. The molecule has 0 bridgehead atoms. The number of carbonyl (C=O) groups is 1. The number of aromatic nitrogens is 5. The molecule has 0 aliphatic rings. The molecule has 0 aliphatic heterocycles. The molecule has 0 saturated carbocycles. The molecular formula is C22H17FN6O2S. The van der Waals surface area contributed by atoms with Crippen LogP contribution in [-0.4, -0.2) is 43.0 Å². The molecule has 5 rings (SSSR count). The first-order valence-electron chi connectivity index (χ1n) is 9.66. The number of hydrogen-bond acceptors (Lipinski definition) is 6. The Bertz CT molecular complexity index is 1430. The van der Waals surface area contributed by atoms with Crippen molar-refractivity contribution in [3.8, 4) is 17.0 Å². The molecule has 8 nitrogen and oxygen atoms in total. The van der Waals surface area contributed by atoms with E-state index >= 15 is 0 Å². The second-order valence-electron chi connectivity index (χ2n) is 6.91. The van der Waals surface area contributed by atoms with Crippen LogP contribution in [0, 0.1) is 5.82 Å². The molecule has 0 atom stereocenters. The first kappa shape index (κ1) is 20.0. The van der Waals surface area contributed by atoms with Gasteiger partial charge in [-0.15, -0.1) is 10.2 Å².